The lowest BCUT2D eigenvalue weighted by molar-refractivity contribution is 0.685. The number of hydrogen-bond acceptors (Lipinski definition) is 3. The molecule has 0 saturated heterocycles. The highest BCUT2D eigenvalue weighted by Gasteiger charge is 2.09. The minimum atomic E-state index is 0.145. The SMILES string of the molecule is CCNC(=NCCc1nnc2ccccn12)NC(C)c1ccc2ccccc2c1. The van der Waals surface area contributed by atoms with E-state index in [9.17, 15) is 0 Å². The standard InChI is InChI=1S/C23H26N6/c1-3-24-23(25-14-13-22-28-27-21-10-6-7-15-29(21)22)26-17(2)19-12-11-18-8-4-5-9-20(18)16-19/h4-12,15-17H,3,13-14H2,1-2H3,(H2,24,25,26). The molecule has 6 heteroatoms. The molecular weight excluding hydrogens is 360 g/mol. The van der Waals surface area contributed by atoms with Crippen LogP contribution in [0, 0.1) is 0 Å². The summed E-state index contributed by atoms with van der Waals surface area (Å²) in [6.07, 6.45) is 2.71. The Labute approximate surface area is 170 Å². The van der Waals surface area contributed by atoms with E-state index in [0.29, 0.717) is 6.54 Å². The molecule has 1 atom stereocenters. The van der Waals surface area contributed by atoms with E-state index in [2.05, 4.69) is 77.1 Å². The van der Waals surface area contributed by atoms with E-state index in [1.807, 2.05) is 28.8 Å². The van der Waals surface area contributed by atoms with Crippen molar-refractivity contribution in [1.82, 2.24) is 25.2 Å². The normalized spacial score (nSPS) is 13.0. The highest BCUT2D eigenvalue weighted by molar-refractivity contribution is 5.84. The van der Waals surface area contributed by atoms with E-state index < -0.39 is 0 Å². The quantitative estimate of drug-likeness (QED) is 0.391. The van der Waals surface area contributed by atoms with Crippen LogP contribution in [0.5, 0.6) is 0 Å². The molecule has 2 aromatic heterocycles. The maximum atomic E-state index is 4.74. The number of fused-ring (bicyclic) bond motifs is 2. The zero-order chi connectivity index (χ0) is 20.1. The topological polar surface area (TPSA) is 66.6 Å². The van der Waals surface area contributed by atoms with E-state index in [1.54, 1.807) is 0 Å². The van der Waals surface area contributed by atoms with Gasteiger partial charge in [0, 0.05) is 25.7 Å². The molecule has 0 spiro atoms. The predicted octanol–water partition coefficient (Wildman–Crippen LogP) is 3.74. The molecule has 1 unspecified atom stereocenters. The maximum Gasteiger partial charge on any atom is 0.191 e. The van der Waals surface area contributed by atoms with Crippen molar-refractivity contribution in [2.24, 2.45) is 4.99 Å². The van der Waals surface area contributed by atoms with Crippen molar-refractivity contribution in [3.63, 3.8) is 0 Å². The first kappa shape index (κ1) is 18.9. The summed E-state index contributed by atoms with van der Waals surface area (Å²) in [7, 11) is 0. The van der Waals surface area contributed by atoms with Gasteiger partial charge in [0.25, 0.3) is 0 Å². The molecular formula is C23H26N6. The van der Waals surface area contributed by atoms with Gasteiger partial charge in [-0.25, -0.2) is 0 Å². The summed E-state index contributed by atoms with van der Waals surface area (Å²) in [6, 6.07) is 21.1. The molecule has 0 fully saturated rings. The Kier molecular flexibility index (Phi) is 5.70. The highest BCUT2D eigenvalue weighted by atomic mass is 15.2. The van der Waals surface area contributed by atoms with Gasteiger partial charge in [-0.3, -0.25) is 9.39 Å². The van der Waals surface area contributed by atoms with E-state index in [-0.39, 0.29) is 6.04 Å². The molecule has 0 aliphatic rings. The first-order valence-electron chi connectivity index (χ1n) is 10.1. The smallest absolute Gasteiger partial charge is 0.191 e. The van der Waals surface area contributed by atoms with Crippen molar-refractivity contribution in [3.8, 4) is 0 Å². The number of hydrogen-bond donors (Lipinski definition) is 2. The molecule has 4 rings (SSSR count). The van der Waals surface area contributed by atoms with Crippen LogP contribution in [0.4, 0.5) is 0 Å². The van der Waals surface area contributed by atoms with Gasteiger partial charge in [-0.1, -0.05) is 42.5 Å². The molecule has 4 aromatic rings. The summed E-state index contributed by atoms with van der Waals surface area (Å²) in [5.74, 6) is 1.73. The van der Waals surface area contributed by atoms with Crippen molar-refractivity contribution in [1.29, 1.82) is 0 Å². The van der Waals surface area contributed by atoms with Gasteiger partial charge in [0.05, 0.1) is 6.04 Å². The van der Waals surface area contributed by atoms with Crippen LogP contribution in [-0.2, 0) is 6.42 Å². The zero-order valence-electron chi connectivity index (χ0n) is 16.8. The average Bonchev–Trinajstić information content (AvgIpc) is 3.16. The summed E-state index contributed by atoms with van der Waals surface area (Å²) in [6.45, 7) is 5.67. The molecule has 0 radical (unpaired) electrons. The van der Waals surface area contributed by atoms with Crippen LogP contribution in [0.15, 0.2) is 71.9 Å². The van der Waals surface area contributed by atoms with Crippen LogP contribution in [-0.4, -0.2) is 33.6 Å². The number of guanidine groups is 1. The Hall–Kier alpha value is -3.41. The van der Waals surface area contributed by atoms with Crippen molar-refractivity contribution >= 4 is 22.4 Å². The van der Waals surface area contributed by atoms with Crippen LogP contribution in [0.3, 0.4) is 0 Å². The lowest BCUT2D eigenvalue weighted by atomic mass is 10.0. The minimum absolute atomic E-state index is 0.145. The second-order valence-electron chi connectivity index (χ2n) is 7.03. The van der Waals surface area contributed by atoms with Crippen LogP contribution in [0.2, 0.25) is 0 Å². The maximum absolute atomic E-state index is 4.74. The third-order valence-corrected chi connectivity index (χ3v) is 4.96. The van der Waals surface area contributed by atoms with Crippen molar-refractivity contribution in [2.45, 2.75) is 26.3 Å². The van der Waals surface area contributed by atoms with Gasteiger partial charge < -0.3 is 10.6 Å². The Morgan fingerprint density at radius 1 is 1.03 bits per heavy atom. The lowest BCUT2D eigenvalue weighted by Crippen LogP contribution is -2.38. The van der Waals surface area contributed by atoms with Crippen molar-refractivity contribution < 1.29 is 0 Å². The monoisotopic (exact) mass is 386 g/mol. The first-order valence-corrected chi connectivity index (χ1v) is 10.1. The molecule has 0 amide bonds. The van der Waals surface area contributed by atoms with E-state index in [1.165, 1.54) is 16.3 Å². The molecule has 29 heavy (non-hydrogen) atoms. The van der Waals surface area contributed by atoms with Gasteiger partial charge >= 0.3 is 0 Å². The molecule has 6 nitrogen and oxygen atoms in total. The Balaban J connectivity index is 1.44. The van der Waals surface area contributed by atoms with E-state index in [4.69, 9.17) is 4.99 Å². The van der Waals surface area contributed by atoms with Crippen LogP contribution < -0.4 is 10.6 Å². The van der Waals surface area contributed by atoms with Gasteiger partial charge in [-0.05, 0) is 48.4 Å². The Morgan fingerprint density at radius 3 is 2.72 bits per heavy atom. The molecule has 0 bridgehead atoms. The number of benzene rings is 2. The molecule has 0 saturated carbocycles. The van der Waals surface area contributed by atoms with Crippen LogP contribution in [0.1, 0.15) is 31.3 Å². The van der Waals surface area contributed by atoms with E-state index >= 15 is 0 Å². The van der Waals surface area contributed by atoms with Crippen LogP contribution in [0.25, 0.3) is 16.4 Å². The van der Waals surface area contributed by atoms with Gasteiger partial charge in [0.15, 0.2) is 11.6 Å². The number of nitrogens with one attached hydrogen (secondary N) is 2. The second kappa shape index (κ2) is 8.73. The van der Waals surface area contributed by atoms with Crippen LogP contribution >= 0.6 is 0 Å². The number of aliphatic imine (C=N–C) groups is 1. The fraction of sp³-hybridized carbons (Fsp3) is 0.261. The van der Waals surface area contributed by atoms with Gasteiger partial charge in [-0.15, -0.1) is 10.2 Å². The highest BCUT2D eigenvalue weighted by Crippen LogP contribution is 2.20. The third-order valence-electron chi connectivity index (χ3n) is 4.96. The minimum Gasteiger partial charge on any atom is -0.357 e. The predicted molar refractivity (Wildman–Crippen MR) is 118 cm³/mol. The van der Waals surface area contributed by atoms with Gasteiger partial charge in [-0.2, -0.15) is 0 Å². The number of rotatable bonds is 6. The molecule has 0 aliphatic carbocycles. The lowest BCUT2D eigenvalue weighted by Gasteiger charge is -2.18. The zero-order valence-corrected chi connectivity index (χ0v) is 16.8. The molecule has 148 valence electrons. The summed E-state index contributed by atoms with van der Waals surface area (Å²) in [5.41, 5.74) is 2.10. The number of aromatic nitrogens is 3. The molecule has 2 N–H and O–H groups in total. The van der Waals surface area contributed by atoms with Gasteiger partial charge in [0.2, 0.25) is 0 Å². The van der Waals surface area contributed by atoms with Crippen molar-refractivity contribution in [2.75, 3.05) is 13.1 Å². The molecule has 2 aromatic carbocycles. The largest absolute Gasteiger partial charge is 0.357 e. The van der Waals surface area contributed by atoms with E-state index in [0.717, 1.165) is 30.4 Å². The third kappa shape index (κ3) is 4.37. The summed E-state index contributed by atoms with van der Waals surface area (Å²) < 4.78 is 2.01. The summed E-state index contributed by atoms with van der Waals surface area (Å²) in [5, 5.41) is 17.8. The van der Waals surface area contributed by atoms with Gasteiger partial charge in [0.1, 0.15) is 5.82 Å². The summed E-state index contributed by atoms with van der Waals surface area (Å²) in [4.78, 5) is 4.74. The number of pyridine rings is 1. The second-order valence-corrected chi connectivity index (χ2v) is 7.03. The fourth-order valence-electron chi connectivity index (χ4n) is 3.41. The Bertz CT molecular complexity index is 1130. The average molecular weight is 387 g/mol. The first-order chi connectivity index (χ1) is 14.2. The Morgan fingerprint density at radius 2 is 1.86 bits per heavy atom. The molecule has 0 aliphatic heterocycles. The van der Waals surface area contributed by atoms with Crippen molar-refractivity contribution in [3.05, 3.63) is 78.2 Å². The molecule has 2 heterocycles. The fourth-order valence-corrected chi connectivity index (χ4v) is 3.41. The summed E-state index contributed by atoms with van der Waals surface area (Å²) >= 11 is 0. The number of nitrogens with zero attached hydrogens (tertiary/aromatic N) is 4.